The second-order valence-corrected chi connectivity index (χ2v) is 5.33. The van der Waals surface area contributed by atoms with E-state index >= 15 is 0 Å². The summed E-state index contributed by atoms with van der Waals surface area (Å²) in [5.74, 6) is 0.0324. The van der Waals surface area contributed by atoms with E-state index in [0.29, 0.717) is 13.2 Å². The third kappa shape index (κ3) is 3.97. The lowest BCUT2D eigenvalue weighted by atomic mass is 10.1. The third-order valence-corrected chi connectivity index (χ3v) is 3.80. The van der Waals surface area contributed by atoms with Gasteiger partial charge >= 0.3 is 0 Å². The fraction of sp³-hybridized carbons (Fsp3) is 0.562. The van der Waals surface area contributed by atoms with Crippen LogP contribution in [0.25, 0.3) is 0 Å². The minimum Gasteiger partial charge on any atom is -0.380 e. The largest absolute Gasteiger partial charge is 0.380 e. The predicted octanol–water partition coefficient (Wildman–Crippen LogP) is 0.852. The van der Waals surface area contributed by atoms with Crippen LogP contribution in [0.5, 0.6) is 0 Å². The average Bonchev–Trinajstić information content (AvgIpc) is 2.55. The number of carbonyl (C=O) groups excluding carboxylic acids is 1. The van der Waals surface area contributed by atoms with Gasteiger partial charge in [-0.2, -0.15) is 0 Å². The Kier molecular flexibility index (Phi) is 6.18. The van der Waals surface area contributed by atoms with Crippen LogP contribution >= 0.6 is 0 Å². The fourth-order valence-corrected chi connectivity index (χ4v) is 2.58. The summed E-state index contributed by atoms with van der Waals surface area (Å²) >= 11 is 0. The predicted molar refractivity (Wildman–Crippen MR) is 87.5 cm³/mol. The summed E-state index contributed by atoms with van der Waals surface area (Å²) in [4.78, 5) is 16.0. The van der Waals surface area contributed by atoms with Gasteiger partial charge in [0.25, 0.3) is 0 Å². The smallest absolute Gasteiger partial charge is 0.240 e. The average molecular weight is 307 g/mol. The van der Waals surface area contributed by atoms with Gasteiger partial charge in [0.15, 0.2) is 0 Å². The molecule has 1 amide bonds. The highest BCUT2D eigenvalue weighted by Gasteiger charge is 2.17. The number of likely N-dealkylation sites (N-methyl/N-ethyl adjacent to an activating group) is 2. The van der Waals surface area contributed by atoms with Gasteiger partial charge < -0.3 is 24.6 Å². The van der Waals surface area contributed by atoms with Gasteiger partial charge in [0.1, 0.15) is 0 Å². The molecule has 22 heavy (non-hydrogen) atoms. The molecule has 1 saturated heterocycles. The third-order valence-electron chi connectivity index (χ3n) is 3.80. The summed E-state index contributed by atoms with van der Waals surface area (Å²) in [5, 5.41) is 2.88. The van der Waals surface area contributed by atoms with E-state index in [-0.39, 0.29) is 5.91 Å². The van der Waals surface area contributed by atoms with E-state index in [1.54, 1.807) is 26.1 Å². The van der Waals surface area contributed by atoms with Crippen LogP contribution in [0.4, 0.5) is 11.4 Å². The Morgan fingerprint density at radius 2 is 2.14 bits per heavy atom. The minimum absolute atomic E-state index is 0.0324. The van der Waals surface area contributed by atoms with Crippen LogP contribution in [-0.4, -0.2) is 60.0 Å². The molecule has 1 aliphatic rings. The van der Waals surface area contributed by atoms with Gasteiger partial charge in [-0.05, 0) is 25.2 Å². The van der Waals surface area contributed by atoms with Gasteiger partial charge in [-0.25, -0.2) is 0 Å². The van der Waals surface area contributed by atoms with Crippen molar-refractivity contribution in [2.24, 2.45) is 0 Å². The maximum atomic E-state index is 12.0. The van der Waals surface area contributed by atoms with Crippen molar-refractivity contribution in [2.75, 3.05) is 63.9 Å². The van der Waals surface area contributed by atoms with E-state index in [4.69, 9.17) is 9.47 Å². The number of anilines is 2. The Morgan fingerprint density at radius 3 is 2.77 bits per heavy atom. The molecule has 0 saturated carbocycles. The molecule has 1 aromatic rings. The highest BCUT2D eigenvalue weighted by atomic mass is 16.5. The Balaban J connectivity index is 2.23. The number of rotatable bonds is 6. The first-order valence-electron chi connectivity index (χ1n) is 7.53. The van der Waals surface area contributed by atoms with Crippen molar-refractivity contribution in [3.05, 3.63) is 23.8 Å². The Morgan fingerprint density at radius 1 is 1.41 bits per heavy atom. The SMILES string of the molecule is CNCC(=O)N(C)c1ccc(N2CCOCC2)c(COC)c1. The van der Waals surface area contributed by atoms with Crippen LogP contribution in [0.15, 0.2) is 18.2 Å². The molecular weight excluding hydrogens is 282 g/mol. The summed E-state index contributed by atoms with van der Waals surface area (Å²) in [6.45, 7) is 4.09. The van der Waals surface area contributed by atoms with E-state index in [9.17, 15) is 4.79 Å². The first kappa shape index (κ1) is 16.7. The van der Waals surface area contributed by atoms with Gasteiger partial charge in [-0.1, -0.05) is 0 Å². The number of hydrogen-bond donors (Lipinski definition) is 1. The van der Waals surface area contributed by atoms with Crippen molar-refractivity contribution < 1.29 is 14.3 Å². The van der Waals surface area contributed by atoms with E-state index in [1.807, 2.05) is 12.1 Å². The van der Waals surface area contributed by atoms with Gasteiger partial charge in [-0.15, -0.1) is 0 Å². The fourth-order valence-electron chi connectivity index (χ4n) is 2.58. The standard InChI is InChI=1S/C16H25N3O3/c1-17-11-16(20)18(2)14-4-5-15(13(10-14)12-21-3)19-6-8-22-9-7-19/h4-5,10,17H,6-9,11-12H2,1-3H3. The molecule has 0 unspecified atom stereocenters. The molecule has 0 aliphatic carbocycles. The van der Waals surface area contributed by atoms with Crippen molar-refractivity contribution in [3.8, 4) is 0 Å². The molecule has 0 spiro atoms. The highest BCUT2D eigenvalue weighted by Crippen LogP contribution is 2.27. The number of nitrogens with one attached hydrogen (secondary N) is 1. The molecule has 0 radical (unpaired) electrons. The Bertz CT molecular complexity index is 501. The molecule has 0 aromatic heterocycles. The number of hydrogen-bond acceptors (Lipinski definition) is 5. The highest BCUT2D eigenvalue weighted by molar-refractivity contribution is 5.94. The number of amides is 1. The number of ether oxygens (including phenoxy) is 2. The first-order valence-corrected chi connectivity index (χ1v) is 7.53. The number of carbonyl (C=O) groups is 1. The zero-order valence-corrected chi connectivity index (χ0v) is 13.6. The van der Waals surface area contributed by atoms with E-state index in [1.165, 1.54) is 0 Å². The molecule has 0 atom stereocenters. The molecule has 6 nitrogen and oxygen atoms in total. The summed E-state index contributed by atoms with van der Waals surface area (Å²) in [7, 11) is 5.25. The maximum absolute atomic E-state index is 12.0. The monoisotopic (exact) mass is 307 g/mol. The Labute approximate surface area is 132 Å². The van der Waals surface area contributed by atoms with E-state index < -0.39 is 0 Å². The number of benzene rings is 1. The maximum Gasteiger partial charge on any atom is 0.240 e. The summed E-state index contributed by atoms with van der Waals surface area (Å²) in [5.41, 5.74) is 3.12. The molecule has 1 N–H and O–H groups in total. The summed E-state index contributed by atoms with van der Waals surface area (Å²) < 4.78 is 10.7. The number of morpholine rings is 1. The Hall–Kier alpha value is -1.63. The van der Waals surface area contributed by atoms with E-state index in [2.05, 4.69) is 16.3 Å². The molecular formula is C16H25N3O3. The minimum atomic E-state index is 0.0324. The van der Waals surface area contributed by atoms with Crippen LogP contribution in [0, 0.1) is 0 Å². The van der Waals surface area contributed by atoms with Gasteiger partial charge in [0.05, 0.1) is 26.4 Å². The lowest BCUT2D eigenvalue weighted by Crippen LogP contribution is -2.37. The second kappa shape index (κ2) is 8.12. The van der Waals surface area contributed by atoms with Crippen molar-refractivity contribution in [2.45, 2.75) is 6.61 Å². The second-order valence-electron chi connectivity index (χ2n) is 5.33. The molecule has 1 fully saturated rings. The zero-order valence-electron chi connectivity index (χ0n) is 13.6. The van der Waals surface area contributed by atoms with Crippen LogP contribution in [-0.2, 0) is 20.9 Å². The van der Waals surface area contributed by atoms with Crippen LogP contribution in [0.1, 0.15) is 5.56 Å². The molecule has 0 bridgehead atoms. The lowest BCUT2D eigenvalue weighted by molar-refractivity contribution is -0.117. The number of methoxy groups -OCH3 is 1. The van der Waals surface area contributed by atoms with Gasteiger partial charge in [0, 0.05) is 44.2 Å². The molecule has 1 aromatic carbocycles. The van der Waals surface area contributed by atoms with Gasteiger partial charge in [-0.3, -0.25) is 4.79 Å². The lowest BCUT2D eigenvalue weighted by Gasteiger charge is -2.31. The van der Waals surface area contributed by atoms with Crippen molar-refractivity contribution >= 4 is 17.3 Å². The quantitative estimate of drug-likeness (QED) is 0.844. The van der Waals surface area contributed by atoms with Crippen LogP contribution < -0.4 is 15.1 Å². The van der Waals surface area contributed by atoms with E-state index in [0.717, 1.165) is 43.2 Å². The number of nitrogens with zero attached hydrogens (tertiary/aromatic N) is 2. The molecule has 1 heterocycles. The van der Waals surface area contributed by atoms with Crippen molar-refractivity contribution in [3.63, 3.8) is 0 Å². The van der Waals surface area contributed by atoms with Crippen LogP contribution in [0.3, 0.4) is 0 Å². The first-order chi connectivity index (χ1) is 10.7. The van der Waals surface area contributed by atoms with Gasteiger partial charge in [0.2, 0.25) is 5.91 Å². The topological polar surface area (TPSA) is 54.0 Å². The normalized spacial score (nSPS) is 15.0. The summed E-state index contributed by atoms with van der Waals surface area (Å²) in [6.07, 6.45) is 0. The van der Waals surface area contributed by atoms with Crippen molar-refractivity contribution in [1.29, 1.82) is 0 Å². The zero-order chi connectivity index (χ0) is 15.9. The molecule has 6 heteroatoms. The molecule has 122 valence electrons. The summed E-state index contributed by atoms with van der Waals surface area (Å²) in [6, 6.07) is 6.08. The molecule has 2 rings (SSSR count). The van der Waals surface area contributed by atoms with Crippen LogP contribution in [0.2, 0.25) is 0 Å². The molecule has 1 aliphatic heterocycles. The van der Waals surface area contributed by atoms with Crippen molar-refractivity contribution in [1.82, 2.24) is 5.32 Å².